The Morgan fingerprint density at radius 1 is 0.879 bits per heavy atom. The van der Waals surface area contributed by atoms with Crippen LogP contribution in [0.2, 0.25) is 0 Å². The lowest BCUT2D eigenvalue weighted by Gasteiger charge is -2.35. The topological polar surface area (TPSA) is 105 Å². The van der Waals surface area contributed by atoms with Crippen molar-refractivity contribution in [3.05, 3.63) is 48.8 Å². The van der Waals surface area contributed by atoms with Crippen molar-refractivity contribution in [1.82, 2.24) is 19.3 Å². The minimum Gasteiger partial charge on any atom is -0.449 e. The van der Waals surface area contributed by atoms with Crippen LogP contribution >= 0.6 is 0 Å². The van der Waals surface area contributed by atoms with Crippen molar-refractivity contribution in [1.29, 1.82) is 0 Å². The molecule has 2 aromatic heterocycles. The highest BCUT2D eigenvalue weighted by molar-refractivity contribution is 7.89. The first-order valence-electron chi connectivity index (χ1n) is 10.9. The van der Waals surface area contributed by atoms with E-state index in [1.54, 1.807) is 43.8 Å². The number of piperazine rings is 1. The molecule has 33 heavy (non-hydrogen) atoms. The molecule has 11 heteroatoms. The van der Waals surface area contributed by atoms with Gasteiger partial charge >= 0.3 is 0 Å². The van der Waals surface area contributed by atoms with Crippen molar-refractivity contribution >= 4 is 21.7 Å². The molecule has 0 saturated carbocycles. The zero-order chi connectivity index (χ0) is 22.8. The maximum atomic E-state index is 13.2. The number of ether oxygens (including phenoxy) is 1. The Labute approximate surface area is 192 Å². The molecule has 3 aromatic rings. The molecule has 174 valence electrons. The van der Waals surface area contributed by atoms with Gasteiger partial charge in [-0.1, -0.05) is 12.1 Å². The van der Waals surface area contributed by atoms with E-state index in [4.69, 9.17) is 9.15 Å². The minimum atomic E-state index is -3.58. The Kier molecular flexibility index (Phi) is 6.00. The molecule has 1 aromatic carbocycles. The Morgan fingerprint density at radius 3 is 2.12 bits per heavy atom. The summed E-state index contributed by atoms with van der Waals surface area (Å²) in [6, 6.07) is 8.74. The molecule has 0 atom stereocenters. The van der Waals surface area contributed by atoms with Crippen molar-refractivity contribution in [3.8, 4) is 11.3 Å². The van der Waals surface area contributed by atoms with Crippen LogP contribution in [0, 0.1) is 6.92 Å². The van der Waals surface area contributed by atoms with Crippen LogP contribution in [0.5, 0.6) is 0 Å². The predicted octanol–water partition coefficient (Wildman–Crippen LogP) is 1.79. The third kappa shape index (κ3) is 4.56. The first-order chi connectivity index (χ1) is 16.0. The first-order valence-corrected chi connectivity index (χ1v) is 12.4. The third-order valence-electron chi connectivity index (χ3n) is 5.94. The maximum absolute atomic E-state index is 13.2. The van der Waals surface area contributed by atoms with Gasteiger partial charge in [-0.2, -0.15) is 4.31 Å². The number of rotatable bonds is 5. The number of aromatic nitrogens is 3. The highest BCUT2D eigenvalue weighted by Crippen LogP contribution is 2.25. The van der Waals surface area contributed by atoms with Crippen molar-refractivity contribution in [2.24, 2.45) is 0 Å². The molecule has 2 saturated heterocycles. The lowest BCUT2D eigenvalue weighted by Crippen LogP contribution is -2.49. The van der Waals surface area contributed by atoms with Gasteiger partial charge in [-0.05, 0) is 12.1 Å². The number of oxazole rings is 1. The summed E-state index contributed by atoms with van der Waals surface area (Å²) in [6.07, 6.45) is 3.14. The van der Waals surface area contributed by atoms with Crippen LogP contribution in [0.25, 0.3) is 11.3 Å². The molecule has 0 spiro atoms. The largest absolute Gasteiger partial charge is 0.449 e. The Hall–Kier alpha value is -3.02. The van der Waals surface area contributed by atoms with Crippen LogP contribution < -0.4 is 9.80 Å². The number of hydrogen-bond donors (Lipinski definition) is 0. The zero-order valence-corrected chi connectivity index (χ0v) is 19.2. The Balaban J connectivity index is 1.25. The molecule has 0 aliphatic carbocycles. The van der Waals surface area contributed by atoms with Gasteiger partial charge in [0.2, 0.25) is 10.0 Å². The number of hydrogen-bond acceptors (Lipinski definition) is 9. The number of aryl methyl sites for hydroxylation is 1. The van der Waals surface area contributed by atoms with E-state index in [-0.39, 0.29) is 4.90 Å². The van der Waals surface area contributed by atoms with Crippen molar-refractivity contribution in [3.63, 3.8) is 0 Å². The van der Waals surface area contributed by atoms with Crippen LogP contribution in [0.1, 0.15) is 5.89 Å². The number of morpholine rings is 1. The summed E-state index contributed by atoms with van der Waals surface area (Å²) in [4.78, 5) is 17.7. The van der Waals surface area contributed by atoms with Crippen LogP contribution in [-0.2, 0) is 14.8 Å². The second-order valence-electron chi connectivity index (χ2n) is 8.00. The predicted molar refractivity (Wildman–Crippen MR) is 123 cm³/mol. The molecule has 4 heterocycles. The molecule has 10 nitrogen and oxygen atoms in total. The quantitative estimate of drug-likeness (QED) is 0.552. The van der Waals surface area contributed by atoms with E-state index in [9.17, 15) is 8.42 Å². The smallest absolute Gasteiger partial charge is 0.243 e. The molecule has 0 radical (unpaired) electrons. The monoisotopic (exact) mass is 470 g/mol. The van der Waals surface area contributed by atoms with Crippen LogP contribution in [0.15, 0.2) is 52.2 Å². The average molecular weight is 471 g/mol. The van der Waals surface area contributed by atoms with Gasteiger partial charge in [-0.3, -0.25) is 0 Å². The Bertz CT molecular complexity index is 1200. The van der Waals surface area contributed by atoms with E-state index in [0.29, 0.717) is 51.0 Å². The number of anilines is 2. The van der Waals surface area contributed by atoms with Crippen LogP contribution in [-0.4, -0.2) is 80.2 Å². The second-order valence-corrected chi connectivity index (χ2v) is 9.94. The molecular weight excluding hydrogens is 444 g/mol. The molecule has 0 amide bonds. The van der Waals surface area contributed by atoms with E-state index in [0.717, 1.165) is 30.3 Å². The van der Waals surface area contributed by atoms with E-state index in [2.05, 4.69) is 24.8 Å². The summed E-state index contributed by atoms with van der Waals surface area (Å²) >= 11 is 0. The van der Waals surface area contributed by atoms with Crippen molar-refractivity contribution in [2.45, 2.75) is 11.8 Å². The van der Waals surface area contributed by atoms with Gasteiger partial charge in [0, 0.05) is 57.8 Å². The zero-order valence-electron chi connectivity index (χ0n) is 18.4. The van der Waals surface area contributed by atoms with E-state index >= 15 is 0 Å². The fourth-order valence-electron chi connectivity index (χ4n) is 4.08. The molecule has 0 unspecified atom stereocenters. The highest BCUT2D eigenvalue weighted by atomic mass is 32.2. The van der Waals surface area contributed by atoms with Gasteiger partial charge in [0.25, 0.3) is 0 Å². The lowest BCUT2D eigenvalue weighted by molar-refractivity contribution is 0.122. The number of sulfonamides is 1. The molecule has 0 N–H and O–H groups in total. The molecule has 0 bridgehead atoms. The number of benzene rings is 1. The fraction of sp³-hybridized carbons (Fsp3) is 0.409. The standard InChI is InChI=1S/C22H26N6O4S/c1-17-25-20(15-32-17)18-2-4-19(5-3-18)33(29,30)28-8-6-26(7-9-28)21-14-22(24-16-23-21)27-10-12-31-13-11-27/h2-5,14-16H,6-13H2,1H3. The van der Waals surface area contributed by atoms with Gasteiger partial charge in [0.15, 0.2) is 5.89 Å². The molecule has 2 aliphatic rings. The number of nitrogens with zero attached hydrogens (tertiary/aromatic N) is 6. The highest BCUT2D eigenvalue weighted by Gasteiger charge is 2.29. The van der Waals surface area contributed by atoms with Gasteiger partial charge in [-0.25, -0.2) is 23.4 Å². The molecule has 5 rings (SSSR count). The summed E-state index contributed by atoms with van der Waals surface area (Å²) < 4.78 is 38.5. The summed E-state index contributed by atoms with van der Waals surface area (Å²) in [6.45, 7) is 6.67. The van der Waals surface area contributed by atoms with Gasteiger partial charge in [0.05, 0.1) is 18.1 Å². The minimum absolute atomic E-state index is 0.275. The van der Waals surface area contributed by atoms with Crippen LogP contribution in [0.3, 0.4) is 0 Å². The van der Waals surface area contributed by atoms with Crippen LogP contribution in [0.4, 0.5) is 11.6 Å². The normalized spacial score (nSPS) is 18.0. The van der Waals surface area contributed by atoms with Crippen molar-refractivity contribution in [2.75, 3.05) is 62.3 Å². The summed E-state index contributed by atoms with van der Waals surface area (Å²) in [5, 5.41) is 0. The van der Waals surface area contributed by atoms with Crippen molar-refractivity contribution < 1.29 is 17.6 Å². The fourth-order valence-corrected chi connectivity index (χ4v) is 5.50. The molecule has 2 aliphatic heterocycles. The lowest BCUT2D eigenvalue weighted by atomic mass is 10.2. The summed E-state index contributed by atoms with van der Waals surface area (Å²) in [5.41, 5.74) is 1.50. The van der Waals surface area contributed by atoms with Gasteiger partial charge in [0.1, 0.15) is 29.9 Å². The second kappa shape index (κ2) is 9.08. The third-order valence-corrected chi connectivity index (χ3v) is 7.86. The van der Waals surface area contributed by atoms with E-state index < -0.39 is 10.0 Å². The average Bonchev–Trinajstić information content (AvgIpc) is 3.31. The summed E-state index contributed by atoms with van der Waals surface area (Å²) in [5.74, 6) is 2.26. The van der Waals surface area contributed by atoms with Gasteiger partial charge in [-0.15, -0.1) is 0 Å². The van der Waals surface area contributed by atoms with Gasteiger partial charge < -0.3 is 19.0 Å². The van der Waals surface area contributed by atoms with E-state index in [1.807, 2.05) is 6.07 Å². The molecular formula is C22H26N6O4S. The summed E-state index contributed by atoms with van der Waals surface area (Å²) in [7, 11) is -3.58. The maximum Gasteiger partial charge on any atom is 0.243 e. The first kappa shape index (κ1) is 21.8. The molecule has 2 fully saturated rings. The van der Waals surface area contributed by atoms with E-state index in [1.165, 1.54) is 4.31 Å². The Morgan fingerprint density at radius 2 is 1.52 bits per heavy atom. The SMILES string of the molecule is Cc1nc(-c2ccc(S(=O)(=O)N3CCN(c4cc(N5CCOCC5)ncn4)CC3)cc2)co1.